The van der Waals surface area contributed by atoms with Gasteiger partial charge in [-0.3, -0.25) is 4.79 Å². The zero-order chi connectivity index (χ0) is 17.8. The number of para-hydroxylation sites is 1. The third kappa shape index (κ3) is 3.88. The first-order valence-corrected chi connectivity index (χ1v) is 9.10. The molecule has 128 valence electrons. The lowest BCUT2D eigenvalue weighted by Gasteiger charge is -2.12. The molecule has 1 aromatic heterocycles. The summed E-state index contributed by atoms with van der Waals surface area (Å²) in [6.45, 7) is 4.57. The number of nitrogens with zero attached hydrogens (tertiary/aromatic N) is 2. The first-order valence-electron chi connectivity index (χ1n) is 8.28. The number of anilines is 2. The van der Waals surface area contributed by atoms with Gasteiger partial charge in [0.1, 0.15) is 11.2 Å². The van der Waals surface area contributed by atoms with Gasteiger partial charge in [0, 0.05) is 43.7 Å². The molecule has 0 aliphatic rings. The van der Waals surface area contributed by atoms with Gasteiger partial charge in [0.25, 0.3) is 5.01 Å². The van der Waals surface area contributed by atoms with Gasteiger partial charge in [-0.05, 0) is 31.2 Å². The molecule has 0 unspecified atom stereocenters. The minimum atomic E-state index is -0.0520. The Morgan fingerprint density at radius 2 is 2.00 bits per heavy atom. The Labute approximate surface area is 152 Å². The maximum atomic E-state index is 11.3. The number of thiazole rings is 1. The first-order chi connectivity index (χ1) is 12.1. The van der Waals surface area contributed by atoms with Gasteiger partial charge in [0.05, 0.1) is 0 Å². The highest BCUT2D eigenvalue weighted by atomic mass is 32.1. The number of rotatable bonds is 5. The van der Waals surface area contributed by atoms with Gasteiger partial charge in [-0.15, -0.1) is 0 Å². The summed E-state index contributed by atoms with van der Waals surface area (Å²) in [5.74, 6) is -0.0520. The molecule has 0 spiro atoms. The minimum Gasteiger partial charge on any atom is -0.351 e. The number of aromatic nitrogens is 1. The molecule has 0 aliphatic carbocycles. The van der Waals surface area contributed by atoms with Crippen molar-refractivity contribution in [2.24, 2.45) is 0 Å². The quantitative estimate of drug-likeness (QED) is 0.696. The largest absolute Gasteiger partial charge is 0.351 e. The molecule has 4 nitrogen and oxygen atoms in total. The Morgan fingerprint density at radius 3 is 2.68 bits per heavy atom. The summed E-state index contributed by atoms with van der Waals surface area (Å²) in [6, 6.07) is 16.3. The number of benzene rings is 2. The van der Waals surface area contributed by atoms with Crippen LogP contribution in [-0.2, 0) is 11.3 Å². The van der Waals surface area contributed by atoms with Gasteiger partial charge in [-0.1, -0.05) is 29.5 Å². The van der Waals surface area contributed by atoms with E-state index in [0.29, 0.717) is 0 Å². The number of aryl methyl sites for hydroxylation is 1. The normalized spacial score (nSPS) is 11.2. The van der Waals surface area contributed by atoms with Crippen LogP contribution < -0.4 is 14.8 Å². The summed E-state index contributed by atoms with van der Waals surface area (Å²) in [6.07, 6.45) is 4.22. The first kappa shape index (κ1) is 17.2. The number of hydrogen-bond acceptors (Lipinski definition) is 3. The number of hydrogen-bond donors (Lipinski definition) is 1. The summed E-state index contributed by atoms with van der Waals surface area (Å²) < 4.78 is 3.45. The lowest BCUT2D eigenvalue weighted by molar-refractivity contribution is -0.665. The average Bonchev–Trinajstić information content (AvgIpc) is 2.96. The van der Waals surface area contributed by atoms with Gasteiger partial charge < -0.3 is 10.2 Å². The van der Waals surface area contributed by atoms with E-state index in [1.54, 1.807) is 11.3 Å². The molecule has 3 rings (SSSR count). The number of carbonyl (C=O) groups excluding carboxylic acids is 1. The van der Waals surface area contributed by atoms with E-state index in [0.717, 1.165) is 22.6 Å². The Hall–Kier alpha value is -2.66. The highest BCUT2D eigenvalue weighted by Crippen LogP contribution is 2.25. The second-order valence-corrected chi connectivity index (χ2v) is 6.87. The second kappa shape index (κ2) is 7.49. The van der Waals surface area contributed by atoms with Crippen molar-refractivity contribution < 1.29 is 9.36 Å². The van der Waals surface area contributed by atoms with E-state index in [1.807, 2.05) is 37.4 Å². The van der Waals surface area contributed by atoms with Crippen LogP contribution in [0.1, 0.15) is 18.9 Å². The summed E-state index contributed by atoms with van der Waals surface area (Å²) in [5.41, 5.74) is 3.17. The van der Waals surface area contributed by atoms with Crippen molar-refractivity contribution >= 4 is 44.9 Å². The van der Waals surface area contributed by atoms with E-state index in [4.69, 9.17) is 0 Å². The lowest BCUT2D eigenvalue weighted by Crippen LogP contribution is -2.33. The molecule has 5 heteroatoms. The third-order valence-corrected chi connectivity index (χ3v) is 5.08. The van der Waals surface area contributed by atoms with Crippen LogP contribution in [0.3, 0.4) is 0 Å². The number of fused-ring (bicyclic) bond motifs is 1. The molecule has 0 radical (unpaired) electrons. The number of carbonyl (C=O) groups is 1. The summed E-state index contributed by atoms with van der Waals surface area (Å²) in [4.78, 5) is 13.4. The van der Waals surface area contributed by atoms with Crippen LogP contribution in [-0.4, -0.2) is 13.0 Å². The SMILES string of the molecule is CC[n+]1c(/C=C/N(C)c2ccccc2)sc2cc(NC(C)=O)ccc21. The van der Waals surface area contributed by atoms with E-state index >= 15 is 0 Å². The predicted molar refractivity (Wildman–Crippen MR) is 106 cm³/mol. The fraction of sp³-hybridized carbons (Fsp3) is 0.200. The third-order valence-electron chi connectivity index (χ3n) is 3.97. The van der Waals surface area contributed by atoms with E-state index < -0.39 is 0 Å². The second-order valence-electron chi connectivity index (χ2n) is 5.81. The molecule has 0 saturated heterocycles. The fourth-order valence-corrected chi connectivity index (χ4v) is 3.92. The van der Waals surface area contributed by atoms with Crippen LogP contribution in [0.2, 0.25) is 0 Å². The van der Waals surface area contributed by atoms with Gasteiger partial charge in [0.15, 0.2) is 0 Å². The monoisotopic (exact) mass is 352 g/mol. The van der Waals surface area contributed by atoms with E-state index in [-0.39, 0.29) is 5.91 Å². The van der Waals surface area contributed by atoms with Crippen molar-refractivity contribution in [3.05, 3.63) is 59.7 Å². The molecule has 0 atom stereocenters. The maximum Gasteiger partial charge on any atom is 0.264 e. The molecular formula is C20H22N3OS+. The van der Waals surface area contributed by atoms with Crippen molar-refractivity contribution in [2.75, 3.05) is 17.3 Å². The zero-order valence-electron chi connectivity index (χ0n) is 14.7. The molecule has 3 aromatic rings. The number of amides is 1. The summed E-state index contributed by atoms with van der Waals surface area (Å²) >= 11 is 1.73. The van der Waals surface area contributed by atoms with Crippen molar-refractivity contribution in [3.8, 4) is 0 Å². The Balaban J connectivity index is 1.92. The Morgan fingerprint density at radius 1 is 1.24 bits per heavy atom. The van der Waals surface area contributed by atoms with Crippen molar-refractivity contribution in [1.82, 2.24) is 0 Å². The predicted octanol–water partition coefficient (Wildman–Crippen LogP) is 4.27. The van der Waals surface area contributed by atoms with E-state index in [9.17, 15) is 4.79 Å². The minimum absolute atomic E-state index is 0.0520. The molecular weight excluding hydrogens is 330 g/mol. The van der Waals surface area contributed by atoms with Crippen LogP contribution >= 0.6 is 11.3 Å². The van der Waals surface area contributed by atoms with Gasteiger partial charge >= 0.3 is 0 Å². The van der Waals surface area contributed by atoms with Gasteiger partial charge in [-0.2, -0.15) is 4.57 Å². The maximum absolute atomic E-state index is 11.3. The van der Waals surface area contributed by atoms with Gasteiger partial charge in [-0.25, -0.2) is 0 Å². The highest BCUT2D eigenvalue weighted by molar-refractivity contribution is 7.18. The van der Waals surface area contributed by atoms with Crippen LogP contribution in [0.25, 0.3) is 16.3 Å². The van der Waals surface area contributed by atoms with Gasteiger partial charge in [0.2, 0.25) is 11.4 Å². The topological polar surface area (TPSA) is 36.2 Å². The Bertz CT molecular complexity index is 915. The van der Waals surface area contributed by atoms with E-state index in [2.05, 4.69) is 52.2 Å². The molecule has 1 heterocycles. The van der Waals surface area contributed by atoms with Crippen molar-refractivity contribution in [2.45, 2.75) is 20.4 Å². The molecule has 1 N–H and O–H groups in total. The summed E-state index contributed by atoms with van der Waals surface area (Å²) in [5, 5.41) is 4.03. The van der Waals surface area contributed by atoms with E-state index in [1.165, 1.54) is 17.4 Å². The molecule has 2 aromatic carbocycles. The number of nitrogens with one attached hydrogen (secondary N) is 1. The van der Waals surface area contributed by atoms with Crippen LogP contribution in [0, 0.1) is 0 Å². The summed E-state index contributed by atoms with van der Waals surface area (Å²) in [7, 11) is 2.05. The molecule has 25 heavy (non-hydrogen) atoms. The average molecular weight is 352 g/mol. The lowest BCUT2D eigenvalue weighted by atomic mass is 10.3. The zero-order valence-corrected chi connectivity index (χ0v) is 15.5. The highest BCUT2D eigenvalue weighted by Gasteiger charge is 2.17. The fourth-order valence-electron chi connectivity index (χ4n) is 2.76. The van der Waals surface area contributed by atoms with Crippen LogP contribution in [0.4, 0.5) is 11.4 Å². The molecule has 0 aliphatic heterocycles. The Kier molecular flexibility index (Phi) is 5.14. The molecule has 0 bridgehead atoms. The van der Waals surface area contributed by atoms with Crippen LogP contribution in [0.15, 0.2) is 54.7 Å². The molecule has 1 amide bonds. The van der Waals surface area contributed by atoms with Crippen molar-refractivity contribution in [3.63, 3.8) is 0 Å². The molecule has 0 fully saturated rings. The molecule has 0 saturated carbocycles. The van der Waals surface area contributed by atoms with Crippen LogP contribution in [0.5, 0.6) is 0 Å². The smallest absolute Gasteiger partial charge is 0.264 e. The van der Waals surface area contributed by atoms with Crippen molar-refractivity contribution in [1.29, 1.82) is 0 Å². The standard InChI is InChI=1S/C20H21N3OS/c1-4-23-18-11-10-16(21-15(2)24)14-19(18)25-20(23)12-13-22(3)17-8-6-5-7-9-17/h5-14H,4H2,1-3H3/p+1.